The van der Waals surface area contributed by atoms with Crippen molar-refractivity contribution in [1.82, 2.24) is 4.98 Å². The number of aromatic nitrogens is 1. The number of hydrogen-bond acceptors (Lipinski definition) is 5. The highest BCUT2D eigenvalue weighted by Crippen LogP contribution is 2.35. The first-order chi connectivity index (χ1) is 10.1. The molecule has 21 heavy (non-hydrogen) atoms. The summed E-state index contributed by atoms with van der Waals surface area (Å²) in [7, 11) is 0. The number of pyridine rings is 1. The second-order valence-corrected chi connectivity index (χ2v) is 5.03. The molecule has 0 saturated carbocycles. The molecule has 0 bridgehead atoms. The van der Waals surface area contributed by atoms with Crippen LogP contribution in [0.4, 0.5) is 11.5 Å². The molecule has 6 nitrogen and oxygen atoms in total. The van der Waals surface area contributed by atoms with E-state index >= 15 is 0 Å². The third-order valence-corrected chi connectivity index (χ3v) is 3.30. The zero-order valence-corrected chi connectivity index (χ0v) is 13.0. The molecular formula is C14H14BrN3O3. The van der Waals surface area contributed by atoms with Crippen LogP contribution in [0.2, 0.25) is 0 Å². The Balaban J connectivity index is 2.16. The van der Waals surface area contributed by atoms with Crippen LogP contribution in [-0.4, -0.2) is 16.5 Å². The highest BCUT2D eigenvalue weighted by molar-refractivity contribution is 9.10. The van der Waals surface area contributed by atoms with Crippen molar-refractivity contribution in [2.75, 3.05) is 11.9 Å². The van der Waals surface area contributed by atoms with E-state index in [4.69, 9.17) is 4.74 Å². The van der Waals surface area contributed by atoms with Gasteiger partial charge in [-0.2, -0.15) is 0 Å². The molecule has 0 fully saturated rings. The maximum absolute atomic E-state index is 11.0. The van der Waals surface area contributed by atoms with Crippen molar-refractivity contribution < 1.29 is 9.66 Å². The number of nitrogens with zero attached hydrogens (tertiary/aromatic N) is 2. The Morgan fingerprint density at radius 2 is 2.10 bits per heavy atom. The minimum Gasteiger partial charge on any atom is -0.480 e. The molecule has 0 aliphatic carbocycles. The number of nitrogens with one attached hydrogen (secondary N) is 1. The highest BCUT2D eigenvalue weighted by atomic mass is 79.9. The van der Waals surface area contributed by atoms with Gasteiger partial charge in [0.05, 0.1) is 15.1 Å². The molecular weight excluding hydrogens is 338 g/mol. The van der Waals surface area contributed by atoms with Crippen LogP contribution in [0.5, 0.6) is 5.75 Å². The summed E-state index contributed by atoms with van der Waals surface area (Å²) in [6, 6.07) is 10.2. The maximum atomic E-state index is 11.0. The second-order valence-electron chi connectivity index (χ2n) is 4.18. The molecule has 0 amide bonds. The standard InChI is InChI=1S/C14H14BrN3O3/c1-2-16-13-8-3-5-10(17-13)9-21-14-11(15)6-4-7-12(14)18(19)20/h3-8H,2,9H2,1H3,(H,16,17). The average Bonchev–Trinajstić information content (AvgIpc) is 2.46. The predicted octanol–water partition coefficient (Wildman–Crippen LogP) is 3.76. The average molecular weight is 352 g/mol. The summed E-state index contributed by atoms with van der Waals surface area (Å²) in [5.74, 6) is 0.957. The molecule has 1 aromatic carbocycles. The SMILES string of the molecule is CCNc1cccc(COc2c(Br)cccc2[N+](=O)[O-])n1. The number of benzene rings is 1. The lowest BCUT2D eigenvalue weighted by Gasteiger charge is -2.09. The van der Waals surface area contributed by atoms with E-state index in [-0.39, 0.29) is 18.0 Å². The largest absolute Gasteiger partial charge is 0.480 e. The molecule has 1 N–H and O–H groups in total. The minimum absolute atomic E-state index is 0.0767. The number of hydrogen-bond donors (Lipinski definition) is 1. The summed E-state index contributed by atoms with van der Waals surface area (Å²) in [5, 5.41) is 14.1. The van der Waals surface area contributed by atoms with Crippen LogP contribution >= 0.6 is 15.9 Å². The van der Waals surface area contributed by atoms with Crippen LogP contribution in [0.1, 0.15) is 12.6 Å². The lowest BCUT2D eigenvalue weighted by Crippen LogP contribution is -2.04. The van der Waals surface area contributed by atoms with Crippen LogP contribution in [0.3, 0.4) is 0 Å². The van der Waals surface area contributed by atoms with Crippen molar-refractivity contribution in [1.29, 1.82) is 0 Å². The smallest absolute Gasteiger partial charge is 0.312 e. The van der Waals surface area contributed by atoms with Gasteiger partial charge in [-0.1, -0.05) is 12.1 Å². The zero-order valence-electron chi connectivity index (χ0n) is 11.4. The molecule has 0 saturated heterocycles. The normalized spacial score (nSPS) is 10.2. The number of rotatable bonds is 6. The molecule has 0 unspecified atom stereocenters. The van der Waals surface area contributed by atoms with Crippen LogP contribution in [0.15, 0.2) is 40.9 Å². The van der Waals surface area contributed by atoms with E-state index in [9.17, 15) is 10.1 Å². The first kappa shape index (κ1) is 15.2. The summed E-state index contributed by atoms with van der Waals surface area (Å²) < 4.78 is 6.11. The maximum Gasteiger partial charge on any atom is 0.312 e. The number of anilines is 1. The molecule has 0 aliphatic rings. The van der Waals surface area contributed by atoms with Gasteiger partial charge in [0, 0.05) is 12.6 Å². The lowest BCUT2D eigenvalue weighted by atomic mass is 10.3. The van der Waals surface area contributed by atoms with Gasteiger partial charge in [0.15, 0.2) is 0 Å². The molecule has 0 atom stereocenters. The number of nitro groups is 1. The molecule has 0 spiro atoms. The lowest BCUT2D eigenvalue weighted by molar-refractivity contribution is -0.386. The Morgan fingerprint density at radius 3 is 2.81 bits per heavy atom. The van der Waals surface area contributed by atoms with Crippen molar-refractivity contribution in [2.24, 2.45) is 0 Å². The van der Waals surface area contributed by atoms with Gasteiger partial charge in [-0.25, -0.2) is 4.98 Å². The summed E-state index contributed by atoms with van der Waals surface area (Å²) in [5.41, 5.74) is 0.616. The predicted molar refractivity (Wildman–Crippen MR) is 83.5 cm³/mol. The molecule has 7 heteroatoms. The van der Waals surface area contributed by atoms with Gasteiger partial charge in [-0.3, -0.25) is 10.1 Å². The zero-order chi connectivity index (χ0) is 15.2. The van der Waals surface area contributed by atoms with Gasteiger partial charge in [0.25, 0.3) is 0 Å². The van der Waals surface area contributed by atoms with Crippen LogP contribution in [0, 0.1) is 10.1 Å². The van der Waals surface area contributed by atoms with Gasteiger partial charge in [-0.05, 0) is 41.1 Å². The van der Waals surface area contributed by atoms with Crippen molar-refractivity contribution >= 4 is 27.4 Å². The van der Waals surface area contributed by atoms with Gasteiger partial charge in [0.1, 0.15) is 12.4 Å². The molecule has 2 rings (SSSR count). The highest BCUT2D eigenvalue weighted by Gasteiger charge is 2.18. The third-order valence-electron chi connectivity index (χ3n) is 2.67. The van der Waals surface area contributed by atoms with E-state index in [2.05, 4.69) is 26.2 Å². The number of ether oxygens (including phenoxy) is 1. The Hall–Kier alpha value is -2.15. The fourth-order valence-electron chi connectivity index (χ4n) is 1.77. The van der Waals surface area contributed by atoms with E-state index in [1.807, 2.05) is 25.1 Å². The Kier molecular flexibility index (Phi) is 5.10. The summed E-state index contributed by atoms with van der Waals surface area (Å²) >= 11 is 3.27. The van der Waals surface area contributed by atoms with E-state index in [0.29, 0.717) is 10.2 Å². The van der Waals surface area contributed by atoms with Crippen molar-refractivity contribution in [2.45, 2.75) is 13.5 Å². The second kappa shape index (κ2) is 7.03. The molecule has 2 aromatic rings. The molecule has 0 aliphatic heterocycles. The summed E-state index contributed by atoms with van der Waals surface area (Å²) in [6.07, 6.45) is 0. The van der Waals surface area contributed by atoms with Crippen LogP contribution in [-0.2, 0) is 6.61 Å². The van der Waals surface area contributed by atoms with Crippen LogP contribution < -0.4 is 10.1 Å². The third kappa shape index (κ3) is 3.91. The summed E-state index contributed by atoms with van der Waals surface area (Å²) in [4.78, 5) is 14.9. The van der Waals surface area contributed by atoms with Gasteiger partial charge in [0.2, 0.25) is 5.75 Å². The van der Waals surface area contributed by atoms with Crippen molar-refractivity contribution in [3.05, 3.63) is 56.7 Å². The minimum atomic E-state index is -0.470. The fraction of sp³-hybridized carbons (Fsp3) is 0.214. The van der Waals surface area contributed by atoms with E-state index in [1.54, 1.807) is 12.1 Å². The summed E-state index contributed by atoms with van der Waals surface area (Å²) in [6.45, 7) is 2.91. The molecule has 1 heterocycles. The molecule has 0 radical (unpaired) electrons. The Morgan fingerprint density at radius 1 is 1.33 bits per heavy atom. The number of nitro benzene ring substituents is 1. The van der Waals surface area contributed by atoms with Gasteiger partial charge < -0.3 is 10.1 Å². The number of para-hydroxylation sites is 1. The van der Waals surface area contributed by atoms with E-state index in [1.165, 1.54) is 6.07 Å². The topological polar surface area (TPSA) is 77.3 Å². The molecule has 1 aromatic heterocycles. The van der Waals surface area contributed by atoms with Crippen molar-refractivity contribution in [3.63, 3.8) is 0 Å². The van der Waals surface area contributed by atoms with E-state index < -0.39 is 4.92 Å². The number of halogens is 1. The molecule has 110 valence electrons. The Bertz CT molecular complexity index is 649. The van der Waals surface area contributed by atoms with E-state index in [0.717, 1.165) is 12.4 Å². The quantitative estimate of drug-likeness (QED) is 0.633. The monoisotopic (exact) mass is 351 g/mol. The van der Waals surface area contributed by atoms with Gasteiger partial charge >= 0.3 is 5.69 Å². The van der Waals surface area contributed by atoms with Gasteiger partial charge in [-0.15, -0.1) is 0 Å². The fourth-order valence-corrected chi connectivity index (χ4v) is 2.24. The first-order valence-corrected chi connectivity index (χ1v) is 7.16. The van der Waals surface area contributed by atoms with Crippen LogP contribution in [0.25, 0.3) is 0 Å². The first-order valence-electron chi connectivity index (χ1n) is 6.37. The van der Waals surface area contributed by atoms with Crippen molar-refractivity contribution in [3.8, 4) is 5.75 Å². The Labute approximate surface area is 130 Å².